The molecule has 0 bridgehead atoms. The molecule has 0 unspecified atom stereocenters. The molecule has 0 amide bonds. The zero-order valence-electron chi connectivity index (χ0n) is 7.39. The Morgan fingerprint density at radius 2 is 2.07 bits per heavy atom. The predicted octanol–water partition coefficient (Wildman–Crippen LogP) is 2.13. The quantitative estimate of drug-likeness (QED) is 0.829. The van der Waals surface area contributed by atoms with Crippen molar-refractivity contribution in [2.45, 2.75) is 6.55 Å². The smallest absolute Gasteiger partial charge is 0.357 e. The summed E-state index contributed by atoms with van der Waals surface area (Å²) in [5, 5.41) is 12.3. The molecule has 0 spiro atoms. The van der Waals surface area contributed by atoms with Crippen molar-refractivity contribution in [2.75, 3.05) is 0 Å². The molecule has 1 aromatic heterocycles. The van der Waals surface area contributed by atoms with Crippen LogP contribution < -0.4 is 0 Å². The number of benzene rings is 1. The van der Waals surface area contributed by atoms with E-state index < -0.39 is 12.5 Å². The summed E-state index contributed by atoms with van der Waals surface area (Å²) in [4.78, 5) is 10.7. The third-order valence-corrected chi connectivity index (χ3v) is 2.00. The molecule has 0 radical (unpaired) electrons. The van der Waals surface area contributed by atoms with Crippen molar-refractivity contribution < 1.29 is 18.7 Å². The maximum atomic E-state index is 12.5. The van der Waals surface area contributed by atoms with Crippen molar-refractivity contribution in [1.29, 1.82) is 0 Å². The first-order chi connectivity index (χ1) is 7.11. The molecular formula is C9H6F2N2O2. The summed E-state index contributed by atoms with van der Waals surface area (Å²) in [6, 6.07) is 5.98. The summed E-state index contributed by atoms with van der Waals surface area (Å²) in [5.41, 5.74) is -0.240. The fourth-order valence-electron chi connectivity index (χ4n) is 1.40. The molecule has 0 fully saturated rings. The number of hydrogen-bond acceptors (Lipinski definition) is 2. The van der Waals surface area contributed by atoms with Crippen LogP contribution >= 0.6 is 0 Å². The number of nitrogens with zero attached hydrogens (tertiary/aromatic N) is 2. The van der Waals surface area contributed by atoms with Crippen LogP contribution in [-0.4, -0.2) is 20.9 Å². The monoisotopic (exact) mass is 212 g/mol. The molecule has 0 saturated heterocycles. The number of fused-ring (bicyclic) bond motifs is 1. The van der Waals surface area contributed by atoms with Crippen LogP contribution in [0.1, 0.15) is 17.0 Å². The number of aromatic carboxylic acids is 1. The van der Waals surface area contributed by atoms with Gasteiger partial charge in [0.05, 0.1) is 5.52 Å². The Labute approximate surface area is 82.7 Å². The topological polar surface area (TPSA) is 55.1 Å². The van der Waals surface area contributed by atoms with Gasteiger partial charge in [-0.05, 0) is 6.07 Å². The van der Waals surface area contributed by atoms with E-state index in [9.17, 15) is 13.6 Å². The molecule has 0 saturated carbocycles. The number of alkyl halides is 2. The fourth-order valence-corrected chi connectivity index (χ4v) is 1.40. The molecule has 2 aromatic rings. The minimum Gasteiger partial charge on any atom is -0.476 e. The van der Waals surface area contributed by atoms with Gasteiger partial charge >= 0.3 is 12.5 Å². The Kier molecular flexibility index (Phi) is 2.11. The Morgan fingerprint density at radius 1 is 1.40 bits per heavy atom. The summed E-state index contributed by atoms with van der Waals surface area (Å²) in [7, 11) is 0. The normalized spacial score (nSPS) is 11.1. The van der Waals surface area contributed by atoms with E-state index in [1.165, 1.54) is 12.1 Å². The van der Waals surface area contributed by atoms with Crippen LogP contribution in [0.2, 0.25) is 0 Å². The number of carboxylic acids is 1. The van der Waals surface area contributed by atoms with Crippen LogP contribution in [0.25, 0.3) is 10.9 Å². The zero-order valence-corrected chi connectivity index (χ0v) is 7.39. The van der Waals surface area contributed by atoms with Gasteiger partial charge in [-0.15, -0.1) is 0 Å². The van der Waals surface area contributed by atoms with Crippen molar-refractivity contribution in [1.82, 2.24) is 9.78 Å². The van der Waals surface area contributed by atoms with Crippen molar-refractivity contribution in [2.24, 2.45) is 0 Å². The van der Waals surface area contributed by atoms with Gasteiger partial charge in [0.25, 0.3) is 0 Å². The molecule has 0 atom stereocenters. The largest absolute Gasteiger partial charge is 0.476 e. The summed E-state index contributed by atoms with van der Waals surface area (Å²) in [6.07, 6.45) is 0. The summed E-state index contributed by atoms with van der Waals surface area (Å²) < 4.78 is 25.4. The van der Waals surface area contributed by atoms with Crippen LogP contribution in [0, 0.1) is 0 Å². The van der Waals surface area contributed by atoms with Gasteiger partial charge in [-0.2, -0.15) is 13.9 Å². The molecule has 2 rings (SSSR count). The third-order valence-electron chi connectivity index (χ3n) is 2.00. The molecule has 0 aliphatic rings. The first-order valence-electron chi connectivity index (χ1n) is 4.10. The Morgan fingerprint density at radius 3 is 2.67 bits per heavy atom. The number of para-hydroxylation sites is 1. The lowest BCUT2D eigenvalue weighted by Gasteiger charge is -1.98. The van der Waals surface area contributed by atoms with Crippen LogP contribution in [0.5, 0.6) is 0 Å². The van der Waals surface area contributed by atoms with E-state index in [1.54, 1.807) is 12.1 Å². The zero-order chi connectivity index (χ0) is 11.0. The molecule has 1 N–H and O–H groups in total. The second-order valence-corrected chi connectivity index (χ2v) is 2.89. The standard InChI is InChI=1S/C9H6F2N2O2/c10-9(11)13-6-4-2-1-3-5(6)7(12-13)8(14)15/h1-4,9H,(H,14,15). The molecule has 78 valence electrons. The van der Waals surface area contributed by atoms with E-state index in [0.29, 0.717) is 4.68 Å². The second kappa shape index (κ2) is 3.30. The van der Waals surface area contributed by atoms with Gasteiger partial charge in [0.2, 0.25) is 0 Å². The molecular weight excluding hydrogens is 206 g/mol. The van der Waals surface area contributed by atoms with E-state index in [-0.39, 0.29) is 16.6 Å². The number of carboxylic acid groups (broad SMARTS) is 1. The van der Waals surface area contributed by atoms with E-state index in [0.717, 1.165) is 0 Å². The fraction of sp³-hybridized carbons (Fsp3) is 0.111. The van der Waals surface area contributed by atoms with Crippen LogP contribution in [-0.2, 0) is 0 Å². The van der Waals surface area contributed by atoms with E-state index in [1.807, 2.05) is 0 Å². The molecule has 1 heterocycles. The highest BCUT2D eigenvalue weighted by atomic mass is 19.3. The third kappa shape index (κ3) is 1.43. The van der Waals surface area contributed by atoms with E-state index in [4.69, 9.17) is 5.11 Å². The van der Waals surface area contributed by atoms with E-state index in [2.05, 4.69) is 5.10 Å². The maximum absolute atomic E-state index is 12.5. The molecule has 4 nitrogen and oxygen atoms in total. The summed E-state index contributed by atoms with van der Waals surface area (Å²) in [6.45, 7) is -2.84. The molecule has 0 aliphatic carbocycles. The van der Waals surface area contributed by atoms with Crippen LogP contribution in [0.15, 0.2) is 24.3 Å². The van der Waals surface area contributed by atoms with Crippen LogP contribution in [0.4, 0.5) is 8.78 Å². The van der Waals surface area contributed by atoms with Gasteiger partial charge in [0.15, 0.2) is 5.69 Å². The number of halogens is 2. The minimum absolute atomic E-state index is 0.116. The van der Waals surface area contributed by atoms with Crippen molar-refractivity contribution in [3.05, 3.63) is 30.0 Å². The van der Waals surface area contributed by atoms with Gasteiger partial charge in [0, 0.05) is 5.39 Å². The molecule has 1 aromatic carbocycles. The van der Waals surface area contributed by atoms with Crippen molar-refractivity contribution in [3.8, 4) is 0 Å². The van der Waals surface area contributed by atoms with Crippen molar-refractivity contribution >= 4 is 16.9 Å². The van der Waals surface area contributed by atoms with Gasteiger partial charge in [-0.25, -0.2) is 9.48 Å². The summed E-state index contributed by atoms with van der Waals surface area (Å²) in [5.74, 6) is -1.31. The predicted molar refractivity (Wildman–Crippen MR) is 47.9 cm³/mol. The molecule has 15 heavy (non-hydrogen) atoms. The average Bonchev–Trinajstić information content (AvgIpc) is 2.56. The first kappa shape index (κ1) is 9.57. The lowest BCUT2D eigenvalue weighted by molar-refractivity contribution is 0.0585. The number of aromatic nitrogens is 2. The highest BCUT2D eigenvalue weighted by molar-refractivity contribution is 6.01. The SMILES string of the molecule is O=C(O)c1nn(C(F)F)c2ccccc12. The summed E-state index contributed by atoms with van der Waals surface area (Å²) >= 11 is 0. The number of rotatable bonds is 2. The first-order valence-corrected chi connectivity index (χ1v) is 4.10. The Balaban J connectivity index is 2.79. The van der Waals surface area contributed by atoms with Gasteiger partial charge in [-0.1, -0.05) is 18.2 Å². The van der Waals surface area contributed by atoms with Gasteiger partial charge in [0.1, 0.15) is 0 Å². The van der Waals surface area contributed by atoms with Gasteiger partial charge in [-0.3, -0.25) is 0 Å². The lowest BCUT2D eigenvalue weighted by atomic mass is 10.2. The maximum Gasteiger partial charge on any atom is 0.357 e. The second-order valence-electron chi connectivity index (χ2n) is 2.89. The Bertz CT molecular complexity index is 522. The molecule has 6 heteroatoms. The van der Waals surface area contributed by atoms with Gasteiger partial charge < -0.3 is 5.11 Å². The lowest BCUT2D eigenvalue weighted by Crippen LogP contribution is -2.03. The number of carbonyl (C=O) groups is 1. The Hall–Kier alpha value is -1.98. The average molecular weight is 212 g/mol. The van der Waals surface area contributed by atoms with Crippen LogP contribution in [0.3, 0.4) is 0 Å². The molecule has 0 aliphatic heterocycles. The highest BCUT2D eigenvalue weighted by Gasteiger charge is 2.19. The number of hydrogen-bond donors (Lipinski definition) is 1. The highest BCUT2D eigenvalue weighted by Crippen LogP contribution is 2.22. The van der Waals surface area contributed by atoms with Crippen molar-refractivity contribution in [3.63, 3.8) is 0 Å². The van der Waals surface area contributed by atoms with E-state index >= 15 is 0 Å². The minimum atomic E-state index is -2.84.